The van der Waals surface area contributed by atoms with Gasteiger partial charge in [0, 0.05) is 7.05 Å². The lowest BCUT2D eigenvalue weighted by atomic mass is 10.3. The van der Waals surface area contributed by atoms with Gasteiger partial charge in [0.25, 0.3) is 0 Å². The second kappa shape index (κ2) is 3.62. The number of aryl methyl sites for hydroxylation is 1. The lowest BCUT2D eigenvalue weighted by molar-refractivity contribution is -0.141. The van der Waals surface area contributed by atoms with E-state index >= 15 is 0 Å². The molecule has 2 aromatic rings. The molecule has 0 amide bonds. The van der Waals surface area contributed by atoms with E-state index in [2.05, 4.69) is 9.97 Å². The smallest absolute Gasteiger partial charge is 0.315 e. The first kappa shape index (κ1) is 11.2. The van der Waals surface area contributed by atoms with E-state index in [9.17, 15) is 13.2 Å². The summed E-state index contributed by atoms with van der Waals surface area (Å²) in [4.78, 5) is 7.59. The third-order valence-electron chi connectivity index (χ3n) is 2.22. The van der Waals surface area contributed by atoms with Crippen molar-refractivity contribution < 1.29 is 13.2 Å². The Morgan fingerprint density at radius 2 is 2.00 bits per heavy atom. The molecule has 7 heteroatoms. The maximum absolute atomic E-state index is 12.4. The van der Waals surface area contributed by atoms with Gasteiger partial charge < -0.3 is 4.57 Å². The normalized spacial score (nSPS) is 12.3. The van der Waals surface area contributed by atoms with Crippen LogP contribution in [0.4, 0.5) is 13.2 Å². The minimum absolute atomic E-state index is 0.133. The van der Waals surface area contributed by atoms with Gasteiger partial charge in [-0.1, -0.05) is 0 Å². The first-order valence-corrected chi connectivity index (χ1v) is 4.92. The topological polar surface area (TPSA) is 30.7 Å². The Labute approximate surface area is 93.9 Å². The van der Waals surface area contributed by atoms with E-state index in [4.69, 9.17) is 11.6 Å². The predicted molar refractivity (Wildman–Crippen MR) is 53.1 cm³/mol. The summed E-state index contributed by atoms with van der Waals surface area (Å²) in [5.74, 6) is 0.622. The number of nitrogens with zero attached hydrogens (tertiary/aromatic N) is 3. The van der Waals surface area contributed by atoms with E-state index in [1.807, 2.05) is 0 Å². The van der Waals surface area contributed by atoms with Crippen molar-refractivity contribution in [2.75, 3.05) is 0 Å². The fraction of sp³-hybridized carbons (Fsp3) is 0.333. The summed E-state index contributed by atoms with van der Waals surface area (Å²) < 4.78 is 38.7. The van der Waals surface area contributed by atoms with Crippen LogP contribution in [-0.2, 0) is 19.1 Å². The Kier molecular flexibility index (Phi) is 2.53. The van der Waals surface area contributed by atoms with Crippen molar-refractivity contribution >= 4 is 22.8 Å². The molecular weight excluding hydrogens is 243 g/mol. The molecule has 2 aromatic heterocycles. The molecule has 2 rings (SSSR count). The number of hydrogen-bond donors (Lipinski definition) is 0. The highest BCUT2D eigenvalue weighted by atomic mass is 35.5. The Bertz CT molecular complexity index is 533. The van der Waals surface area contributed by atoms with Crippen molar-refractivity contribution in [3.05, 3.63) is 23.7 Å². The summed E-state index contributed by atoms with van der Waals surface area (Å²) in [6.07, 6.45) is -4.44. The van der Waals surface area contributed by atoms with Crippen LogP contribution in [0, 0.1) is 0 Å². The molecule has 0 radical (unpaired) electrons. The summed E-state index contributed by atoms with van der Waals surface area (Å²) in [6, 6.07) is 2.20. The van der Waals surface area contributed by atoms with E-state index < -0.39 is 11.9 Å². The molecule has 0 bridgehead atoms. The Morgan fingerprint density at radius 1 is 1.31 bits per heavy atom. The van der Waals surface area contributed by atoms with Crippen molar-refractivity contribution in [1.29, 1.82) is 0 Å². The molecule has 0 aliphatic carbocycles. The van der Waals surface area contributed by atoms with Gasteiger partial charge in [-0.25, -0.2) is 9.97 Å². The molecule has 0 aliphatic heterocycles. The van der Waals surface area contributed by atoms with Gasteiger partial charge in [-0.2, -0.15) is 13.2 Å². The summed E-state index contributed by atoms with van der Waals surface area (Å²) in [7, 11) is 1.58. The van der Waals surface area contributed by atoms with E-state index in [1.165, 1.54) is 10.6 Å². The van der Waals surface area contributed by atoms with Gasteiger partial charge in [0.05, 0.1) is 5.88 Å². The summed E-state index contributed by atoms with van der Waals surface area (Å²) in [6.45, 7) is 0. The van der Waals surface area contributed by atoms with Crippen LogP contribution >= 0.6 is 11.6 Å². The lowest BCUT2D eigenvalue weighted by Crippen LogP contribution is -2.08. The molecule has 0 saturated heterocycles. The van der Waals surface area contributed by atoms with Crippen LogP contribution in [0.2, 0.25) is 0 Å². The van der Waals surface area contributed by atoms with Crippen LogP contribution in [0.1, 0.15) is 11.5 Å². The number of rotatable bonds is 1. The average Bonchev–Trinajstić information content (AvgIpc) is 2.54. The predicted octanol–water partition coefficient (Wildman–Crippen LogP) is 2.73. The van der Waals surface area contributed by atoms with Gasteiger partial charge in [0.1, 0.15) is 17.0 Å². The molecule has 86 valence electrons. The van der Waals surface area contributed by atoms with E-state index in [0.29, 0.717) is 11.3 Å². The van der Waals surface area contributed by atoms with E-state index in [1.54, 1.807) is 7.05 Å². The molecule has 2 heterocycles. The molecule has 0 aromatic carbocycles. The van der Waals surface area contributed by atoms with Gasteiger partial charge in [-0.15, -0.1) is 11.6 Å². The monoisotopic (exact) mass is 249 g/mol. The van der Waals surface area contributed by atoms with E-state index in [-0.39, 0.29) is 11.5 Å². The minimum atomic E-state index is -4.44. The molecular formula is C9H7ClF3N3. The van der Waals surface area contributed by atoms with Crippen LogP contribution in [-0.4, -0.2) is 14.5 Å². The summed E-state index contributed by atoms with van der Waals surface area (Å²) in [5, 5.41) is 0. The lowest BCUT2D eigenvalue weighted by Gasteiger charge is -2.05. The number of hydrogen-bond acceptors (Lipinski definition) is 2. The number of halogens is 4. The van der Waals surface area contributed by atoms with Gasteiger partial charge in [0.15, 0.2) is 5.65 Å². The fourth-order valence-corrected chi connectivity index (χ4v) is 1.63. The van der Waals surface area contributed by atoms with Gasteiger partial charge >= 0.3 is 6.18 Å². The molecule has 16 heavy (non-hydrogen) atoms. The second-order valence-corrected chi connectivity index (χ2v) is 3.52. The number of fused-ring (bicyclic) bond motifs is 1. The fourth-order valence-electron chi connectivity index (χ4n) is 1.39. The van der Waals surface area contributed by atoms with Crippen LogP contribution < -0.4 is 0 Å². The molecule has 0 spiro atoms. The maximum Gasteiger partial charge on any atom is 0.433 e. The molecule has 0 unspecified atom stereocenters. The molecule has 0 fully saturated rings. The van der Waals surface area contributed by atoms with Gasteiger partial charge in [-0.3, -0.25) is 0 Å². The molecule has 0 saturated carbocycles. The first-order valence-electron chi connectivity index (χ1n) is 4.39. The van der Waals surface area contributed by atoms with Crippen molar-refractivity contribution in [1.82, 2.24) is 14.5 Å². The van der Waals surface area contributed by atoms with Crippen LogP contribution in [0.3, 0.4) is 0 Å². The van der Waals surface area contributed by atoms with Crippen molar-refractivity contribution in [3.8, 4) is 0 Å². The zero-order valence-corrected chi connectivity index (χ0v) is 8.97. The van der Waals surface area contributed by atoms with Crippen molar-refractivity contribution in [3.63, 3.8) is 0 Å². The Hall–Kier alpha value is -1.30. The third-order valence-corrected chi connectivity index (χ3v) is 2.46. The zero-order valence-electron chi connectivity index (χ0n) is 8.22. The molecule has 0 atom stereocenters. The van der Waals surface area contributed by atoms with Crippen molar-refractivity contribution in [2.24, 2.45) is 7.05 Å². The number of alkyl halides is 4. The number of imidazole rings is 1. The summed E-state index contributed by atoms with van der Waals surface area (Å²) >= 11 is 5.60. The minimum Gasteiger partial charge on any atom is -0.315 e. The number of aromatic nitrogens is 3. The largest absolute Gasteiger partial charge is 0.433 e. The van der Waals surface area contributed by atoms with Crippen molar-refractivity contribution in [2.45, 2.75) is 12.1 Å². The van der Waals surface area contributed by atoms with Crippen LogP contribution in [0.15, 0.2) is 12.1 Å². The standard InChI is InChI=1S/C9H7ClF3N3/c1-16-7(4-10)14-5-2-3-6(9(11,12)13)15-8(5)16/h2-3H,4H2,1H3. The SMILES string of the molecule is Cn1c(CCl)nc2ccc(C(F)(F)F)nc21. The van der Waals surface area contributed by atoms with Crippen LogP contribution in [0.5, 0.6) is 0 Å². The Morgan fingerprint density at radius 3 is 2.56 bits per heavy atom. The quantitative estimate of drug-likeness (QED) is 0.728. The van der Waals surface area contributed by atoms with Crippen LogP contribution in [0.25, 0.3) is 11.2 Å². The highest BCUT2D eigenvalue weighted by molar-refractivity contribution is 6.16. The number of pyridine rings is 1. The highest BCUT2D eigenvalue weighted by Gasteiger charge is 2.33. The first-order chi connectivity index (χ1) is 7.43. The zero-order chi connectivity index (χ0) is 11.9. The highest BCUT2D eigenvalue weighted by Crippen LogP contribution is 2.28. The molecule has 0 N–H and O–H groups in total. The average molecular weight is 250 g/mol. The second-order valence-electron chi connectivity index (χ2n) is 3.26. The maximum atomic E-state index is 12.4. The summed E-state index contributed by atoms with van der Waals surface area (Å²) in [5.41, 5.74) is -0.333. The van der Waals surface area contributed by atoms with E-state index in [0.717, 1.165) is 6.07 Å². The van der Waals surface area contributed by atoms with Gasteiger partial charge in [0.2, 0.25) is 0 Å². The molecule has 0 aliphatic rings. The van der Waals surface area contributed by atoms with Gasteiger partial charge in [-0.05, 0) is 12.1 Å². The molecule has 3 nitrogen and oxygen atoms in total. The third kappa shape index (κ3) is 1.73. The Balaban J connectivity index is 2.66.